The van der Waals surface area contributed by atoms with Crippen LogP contribution in [0.5, 0.6) is 0 Å². The molecule has 1 unspecified atom stereocenters. The fourth-order valence-electron chi connectivity index (χ4n) is 2.31. The van der Waals surface area contributed by atoms with E-state index in [1.807, 2.05) is 26.0 Å². The average molecular weight is 325 g/mol. The zero-order chi connectivity index (χ0) is 17.5. The highest BCUT2D eigenvalue weighted by molar-refractivity contribution is 6.01. The molecule has 0 radical (unpaired) electrons. The van der Waals surface area contributed by atoms with Gasteiger partial charge in [0.25, 0.3) is 5.91 Å². The Balaban J connectivity index is 2.06. The second-order valence-electron chi connectivity index (χ2n) is 5.97. The summed E-state index contributed by atoms with van der Waals surface area (Å²) in [4.78, 5) is 28.8. The lowest BCUT2D eigenvalue weighted by Gasteiger charge is -2.21. The second-order valence-corrected chi connectivity index (χ2v) is 5.97. The summed E-state index contributed by atoms with van der Waals surface area (Å²) in [5.41, 5.74) is 2.37. The maximum atomic E-state index is 12.5. The summed E-state index contributed by atoms with van der Waals surface area (Å²) in [7, 11) is 0. The number of pyridine rings is 1. The van der Waals surface area contributed by atoms with Crippen LogP contribution in [0.15, 0.2) is 48.8 Å². The first kappa shape index (κ1) is 17.7. The molecule has 0 aliphatic carbocycles. The molecule has 0 saturated carbocycles. The molecule has 1 heterocycles. The molecule has 2 rings (SSSR count). The maximum absolute atomic E-state index is 12.5. The third-order valence-corrected chi connectivity index (χ3v) is 3.81. The molecule has 126 valence electrons. The van der Waals surface area contributed by atoms with Crippen LogP contribution in [0.25, 0.3) is 0 Å². The van der Waals surface area contributed by atoms with Gasteiger partial charge in [-0.1, -0.05) is 32.9 Å². The fourth-order valence-corrected chi connectivity index (χ4v) is 2.31. The highest BCUT2D eigenvalue weighted by atomic mass is 16.2. The Morgan fingerprint density at radius 2 is 1.67 bits per heavy atom. The van der Waals surface area contributed by atoms with Gasteiger partial charge in [0, 0.05) is 23.6 Å². The van der Waals surface area contributed by atoms with Gasteiger partial charge < -0.3 is 10.6 Å². The summed E-state index contributed by atoms with van der Waals surface area (Å²) < 4.78 is 0. The molecule has 5 heteroatoms. The van der Waals surface area contributed by atoms with Gasteiger partial charge in [0.05, 0.1) is 0 Å². The molecule has 2 aromatic rings. The largest absolute Gasteiger partial charge is 0.340 e. The van der Waals surface area contributed by atoms with E-state index in [0.717, 1.165) is 6.42 Å². The molecule has 5 nitrogen and oxygen atoms in total. The van der Waals surface area contributed by atoms with Crippen LogP contribution in [0.4, 0.5) is 5.69 Å². The van der Waals surface area contributed by atoms with E-state index in [4.69, 9.17) is 0 Å². The van der Waals surface area contributed by atoms with Crippen molar-refractivity contribution in [2.75, 3.05) is 5.32 Å². The van der Waals surface area contributed by atoms with Crippen LogP contribution in [0, 0.1) is 5.92 Å². The Kier molecular flexibility index (Phi) is 6.07. The van der Waals surface area contributed by atoms with Crippen LogP contribution in [0.3, 0.4) is 0 Å². The fraction of sp³-hybridized carbons (Fsp3) is 0.316. The molecular weight excluding hydrogens is 302 g/mol. The van der Waals surface area contributed by atoms with E-state index in [9.17, 15) is 9.59 Å². The molecule has 2 amide bonds. The number of rotatable bonds is 6. The van der Waals surface area contributed by atoms with Gasteiger partial charge in [0.1, 0.15) is 6.04 Å². The third kappa shape index (κ3) is 4.65. The van der Waals surface area contributed by atoms with Crippen molar-refractivity contribution in [3.05, 3.63) is 59.9 Å². The van der Waals surface area contributed by atoms with E-state index in [1.54, 1.807) is 36.7 Å². The SMILES string of the molecule is CCc1ccc(C(=O)NC(C(=O)Nc2ccncc2)C(C)C)cc1. The lowest BCUT2D eigenvalue weighted by Crippen LogP contribution is -2.47. The molecule has 0 bridgehead atoms. The molecule has 24 heavy (non-hydrogen) atoms. The first-order valence-corrected chi connectivity index (χ1v) is 8.12. The standard InChI is InChI=1S/C19H23N3O2/c1-4-14-5-7-15(8-6-14)18(23)22-17(13(2)3)19(24)21-16-9-11-20-12-10-16/h5-13,17H,4H2,1-3H3,(H,22,23)(H,20,21,24). The van der Waals surface area contributed by atoms with Gasteiger partial charge in [-0.3, -0.25) is 14.6 Å². The van der Waals surface area contributed by atoms with Crippen LogP contribution in [0.1, 0.15) is 36.7 Å². The number of nitrogens with one attached hydrogen (secondary N) is 2. The molecule has 0 saturated heterocycles. The molecule has 0 aliphatic rings. The van der Waals surface area contributed by atoms with Crippen molar-refractivity contribution in [3.8, 4) is 0 Å². The second kappa shape index (κ2) is 8.24. The van der Waals surface area contributed by atoms with Crippen molar-refractivity contribution >= 4 is 17.5 Å². The topological polar surface area (TPSA) is 71.1 Å². The van der Waals surface area contributed by atoms with E-state index in [2.05, 4.69) is 22.5 Å². The van der Waals surface area contributed by atoms with Gasteiger partial charge in [0.2, 0.25) is 5.91 Å². The average Bonchev–Trinajstić information content (AvgIpc) is 2.60. The number of hydrogen-bond acceptors (Lipinski definition) is 3. The number of amides is 2. The lowest BCUT2D eigenvalue weighted by atomic mass is 10.0. The summed E-state index contributed by atoms with van der Waals surface area (Å²) in [5.74, 6) is -0.526. The minimum Gasteiger partial charge on any atom is -0.340 e. The predicted molar refractivity (Wildman–Crippen MR) is 94.8 cm³/mol. The molecule has 1 aromatic heterocycles. The number of aryl methyl sites for hydroxylation is 1. The predicted octanol–water partition coefficient (Wildman–Crippen LogP) is 3.04. The van der Waals surface area contributed by atoms with E-state index < -0.39 is 6.04 Å². The maximum Gasteiger partial charge on any atom is 0.251 e. The lowest BCUT2D eigenvalue weighted by molar-refractivity contribution is -0.118. The zero-order valence-corrected chi connectivity index (χ0v) is 14.2. The third-order valence-electron chi connectivity index (χ3n) is 3.81. The van der Waals surface area contributed by atoms with Crippen molar-refractivity contribution in [2.45, 2.75) is 33.2 Å². The highest BCUT2D eigenvalue weighted by Crippen LogP contribution is 2.10. The number of carbonyl (C=O) groups is 2. The number of anilines is 1. The number of hydrogen-bond donors (Lipinski definition) is 2. The van der Waals surface area contributed by atoms with Gasteiger partial charge in [-0.05, 0) is 42.2 Å². The Bertz CT molecular complexity index is 682. The van der Waals surface area contributed by atoms with Gasteiger partial charge >= 0.3 is 0 Å². The molecule has 2 N–H and O–H groups in total. The molecule has 0 spiro atoms. The van der Waals surface area contributed by atoms with Gasteiger partial charge in [0.15, 0.2) is 0 Å². The zero-order valence-electron chi connectivity index (χ0n) is 14.2. The minimum atomic E-state index is -0.614. The van der Waals surface area contributed by atoms with Crippen LogP contribution in [-0.2, 0) is 11.2 Å². The number of benzene rings is 1. The first-order valence-electron chi connectivity index (χ1n) is 8.12. The van der Waals surface area contributed by atoms with E-state index >= 15 is 0 Å². The van der Waals surface area contributed by atoms with Crippen LogP contribution < -0.4 is 10.6 Å². The molecule has 1 aromatic carbocycles. The summed E-state index contributed by atoms with van der Waals surface area (Å²) in [6.07, 6.45) is 4.13. The van der Waals surface area contributed by atoms with Crippen LogP contribution >= 0.6 is 0 Å². The highest BCUT2D eigenvalue weighted by Gasteiger charge is 2.24. The summed E-state index contributed by atoms with van der Waals surface area (Å²) in [6, 6.07) is 10.2. The first-order chi connectivity index (χ1) is 11.5. The van der Waals surface area contributed by atoms with Gasteiger partial charge in [-0.25, -0.2) is 0 Å². The Labute approximate surface area is 142 Å². The quantitative estimate of drug-likeness (QED) is 0.857. The molecular formula is C19H23N3O2. The summed E-state index contributed by atoms with van der Waals surface area (Å²) in [6.45, 7) is 5.86. The molecule has 1 atom stereocenters. The van der Waals surface area contributed by atoms with Gasteiger partial charge in [-0.15, -0.1) is 0 Å². The smallest absolute Gasteiger partial charge is 0.251 e. The normalized spacial score (nSPS) is 11.8. The minimum absolute atomic E-state index is 0.0364. The van der Waals surface area contributed by atoms with Crippen LogP contribution in [0.2, 0.25) is 0 Å². The number of aromatic nitrogens is 1. The van der Waals surface area contributed by atoms with Crippen molar-refractivity contribution in [2.24, 2.45) is 5.92 Å². The van der Waals surface area contributed by atoms with E-state index in [1.165, 1.54) is 5.56 Å². The van der Waals surface area contributed by atoms with E-state index in [-0.39, 0.29) is 17.7 Å². The van der Waals surface area contributed by atoms with Crippen LogP contribution in [-0.4, -0.2) is 22.8 Å². The Hall–Kier alpha value is -2.69. The van der Waals surface area contributed by atoms with Crippen molar-refractivity contribution < 1.29 is 9.59 Å². The summed E-state index contributed by atoms with van der Waals surface area (Å²) >= 11 is 0. The number of nitrogens with zero attached hydrogens (tertiary/aromatic N) is 1. The molecule has 0 aliphatic heterocycles. The monoisotopic (exact) mass is 325 g/mol. The Morgan fingerprint density at radius 3 is 2.21 bits per heavy atom. The summed E-state index contributed by atoms with van der Waals surface area (Å²) in [5, 5.41) is 5.63. The van der Waals surface area contributed by atoms with Crippen molar-refractivity contribution in [1.29, 1.82) is 0 Å². The molecule has 0 fully saturated rings. The Morgan fingerprint density at radius 1 is 1.04 bits per heavy atom. The van der Waals surface area contributed by atoms with E-state index in [0.29, 0.717) is 11.3 Å². The number of carbonyl (C=O) groups excluding carboxylic acids is 2. The van der Waals surface area contributed by atoms with Gasteiger partial charge in [-0.2, -0.15) is 0 Å². The van der Waals surface area contributed by atoms with Crippen molar-refractivity contribution in [3.63, 3.8) is 0 Å². The van der Waals surface area contributed by atoms with Crippen molar-refractivity contribution in [1.82, 2.24) is 10.3 Å².